The predicted octanol–water partition coefficient (Wildman–Crippen LogP) is 2.86. The summed E-state index contributed by atoms with van der Waals surface area (Å²) in [5.74, 6) is -4.18. The Kier molecular flexibility index (Phi) is 10.8. The van der Waals surface area contributed by atoms with Gasteiger partial charge in [0.1, 0.15) is 0 Å². The van der Waals surface area contributed by atoms with E-state index >= 15 is 0 Å². The molecule has 0 amide bonds. The van der Waals surface area contributed by atoms with E-state index in [0.29, 0.717) is 18.1 Å². The van der Waals surface area contributed by atoms with Crippen molar-refractivity contribution in [3.05, 3.63) is 48.5 Å². The molecular formula is C22H25F6N5O5. The Morgan fingerprint density at radius 1 is 0.974 bits per heavy atom. The number of nitrogens with zero attached hydrogens (tertiary/aromatic N) is 5. The number of pyridine rings is 1. The highest BCUT2D eigenvalue weighted by Gasteiger charge is 2.45. The van der Waals surface area contributed by atoms with Crippen LogP contribution in [-0.4, -0.2) is 93.2 Å². The van der Waals surface area contributed by atoms with Crippen molar-refractivity contribution in [1.82, 2.24) is 19.9 Å². The third-order valence-electron chi connectivity index (χ3n) is 5.69. The van der Waals surface area contributed by atoms with Gasteiger partial charge in [-0.1, -0.05) is 0 Å². The first-order chi connectivity index (χ1) is 17.7. The summed E-state index contributed by atoms with van der Waals surface area (Å²) >= 11 is 0. The normalized spacial score (nSPS) is 21.3. The minimum Gasteiger partial charge on any atom is -0.475 e. The molecule has 2 aromatic heterocycles. The standard InChI is InChI=1S/C18H23N5O.2C2HF3O2/c1-24-17-5-10-23(18-20-6-2-7-21-18)16-13-22(12-15(16)17)11-14-3-8-19-9-4-14;2*3-2(4,5)1(6)7/h2-4,6-9,15-17H,5,10-13H2,1H3;2*(H,6,7)/t15-,16+,17+;;/m0../s1. The summed E-state index contributed by atoms with van der Waals surface area (Å²) in [6.45, 7) is 3.97. The van der Waals surface area contributed by atoms with Gasteiger partial charge in [0.15, 0.2) is 0 Å². The number of aromatic nitrogens is 3. The molecule has 0 radical (unpaired) electrons. The van der Waals surface area contributed by atoms with Crippen molar-refractivity contribution >= 4 is 17.9 Å². The average molecular weight is 553 g/mol. The number of likely N-dealkylation sites (tertiary alicyclic amines) is 1. The van der Waals surface area contributed by atoms with Gasteiger partial charge in [0.25, 0.3) is 0 Å². The molecule has 4 heterocycles. The molecule has 210 valence electrons. The lowest BCUT2D eigenvalue weighted by Gasteiger charge is -2.41. The maximum atomic E-state index is 10.6. The summed E-state index contributed by atoms with van der Waals surface area (Å²) in [4.78, 5) is 35.7. The highest BCUT2D eigenvalue weighted by atomic mass is 19.4. The number of fused-ring (bicyclic) bond motifs is 1. The summed E-state index contributed by atoms with van der Waals surface area (Å²) < 4.78 is 69.3. The fourth-order valence-electron chi connectivity index (χ4n) is 4.09. The topological polar surface area (TPSA) is 129 Å². The highest BCUT2D eigenvalue weighted by molar-refractivity contribution is 5.73. The fraction of sp³-hybridized carbons (Fsp3) is 0.500. The van der Waals surface area contributed by atoms with E-state index in [-0.39, 0.29) is 0 Å². The number of carbonyl (C=O) groups is 2. The second-order valence-electron chi connectivity index (χ2n) is 8.19. The third-order valence-corrected chi connectivity index (χ3v) is 5.69. The lowest BCUT2D eigenvalue weighted by molar-refractivity contribution is -0.193. The number of halogens is 6. The maximum Gasteiger partial charge on any atom is 0.490 e. The van der Waals surface area contributed by atoms with Crippen LogP contribution in [0, 0.1) is 5.92 Å². The number of carboxylic acids is 2. The number of aliphatic carboxylic acids is 2. The van der Waals surface area contributed by atoms with Crippen LogP contribution in [-0.2, 0) is 20.9 Å². The number of carboxylic acid groups (broad SMARTS) is 2. The van der Waals surface area contributed by atoms with Crippen molar-refractivity contribution in [2.75, 3.05) is 31.6 Å². The maximum absolute atomic E-state index is 10.6. The van der Waals surface area contributed by atoms with Gasteiger partial charge in [0.2, 0.25) is 5.95 Å². The number of piperidine rings is 1. The van der Waals surface area contributed by atoms with Crippen LogP contribution in [0.2, 0.25) is 0 Å². The van der Waals surface area contributed by atoms with Crippen molar-refractivity contribution in [3.63, 3.8) is 0 Å². The first-order valence-corrected chi connectivity index (χ1v) is 11.0. The van der Waals surface area contributed by atoms with Gasteiger partial charge in [-0.05, 0) is 30.2 Å². The Morgan fingerprint density at radius 3 is 1.97 bits per heavy atom. The SMILES string of the molecule is CO[C@@H]1CCN(c2ncccn2)[C@@H]2CN(Cc3ccncc3)C[C@@H]21.O=C(O)C(F)(F)F.O=C(O)C(F)(F)F. The second kappa shape index (κ2) is 13.3. The molecule has 0 saturated carbocycles. The highest BCUT2D eigenvalue weighted by Crippen LogP contribution is 2.34. The van der Waals surface area contributed by atoms with E-state index in [1.54, 1.807) is 0 Å². The molecule has 2 N–H and O–H groups in total. The van der Waals surface area contributed by atoms with Gasteiger partial charge in [0, 0.05) is 64.0 Å². The summed E-state index contributed by atoms with van der Waals surface area (Å²) in [5.41, 5.74) is 1.31. The van der Waals surface area contributed by atoms with Gasteiger partial charge >= 0.3 is 24.3 Å². The Labute approximate surface area is 212 Å². The quantitative estimate of drug-likeness (QED) is 0.546. The molecule has 10 nitrogen and oxygen atoms in total. The van der Waals surface area contributed by atoms with Crippen molar-refractivity contribution in [3.8, 4) is 0 Å². The molecule has 2 aliphatic heterocycles. The molecule has 0 unspecified atom stereocenters. The lowest BCUT2D eigenvalue weighted by atomic mass is 9.89. The van der Waals surface area contributed by atoms with E-state index in [9.17, 15) is 26.3 Å². The number of hydrogen-bond donors (Lipinski definition) is 2. The van der Waals surface area contributed by atoms with Crippen molar-refractivity contribution in [1.29, 1.82) is 0 Å². The summed E-state index contributed by atoms with van der Waals surface area (Å²) in [5, 5.41) is 14.2. The largest absolute Gasteiger partial charge is 0.490 e. The van der Waals surface area contributed by atoms with Gasteiger partial charge in [-0.25, -0.2) is 19.6 Å². The first kappa shape index (κ1) is 30.7. The molecule has 0 aromatic carbocycles. The molecule has 16 heteroatoms. The number of hydrogen-bond acceptors (Lipinski definition) is 8. The van der Waals surface area contributed by atoms with E-state index in [0.717, 1.165) is 38.5 Å². The molecule has 2 fully saturated rings. The molecule has 3 atom stereocenters. The lowest BCUT2D eigenvalue weighted by Crippen LogP contribution is -2.52. The Bertz CT molecular complexity index is 1000. The van der Waals surface area contributed by atoms with Gasteiger partial charge in [-0.15, -0.1) is 0 Å². The van der Waals surface area contributed by atoms with Crippen molar-refractivity contribution in [2.45, 2.75) is 37.5 Å². The van der Waals surface area contributed by atoms with Gasteiger partial charge in [-0.2, -0.15) is 26.3 Å². The summed E-state index contributed by atoms with van der Waals surface area (Å²) in [7, 11) is 1.84. The number of rotatable bonds is 4. The zero-order chi connectivity index (χ0) is 28.5. The third kappa shape index (κ3) is 9.09. The predicted molar refractivity (Wildman–Crippen MR) is 119 cm³/mol. The zero-order valence-electron chi connectivity index (χ0n) is 19.9. The Hall–Kier alpha value is -3.53. The van der Waals surface area contributed by atoms with E-state index in [1.165, 1.54) is 5.56 Å². The van der Waals surface area contributed by atoms with Crippen LogP contribution in [0.25, 0.3) is 0 Å². The van der Waals surface area contributed by atoms with Crippen LogP contribution in [0.1, 0.15) is 12.0 Å². The van der Waals surface area contributed by atoms with Crippen molar-refractivity contribution in [2.24, 2.45) is 5.92 Å². The van der Waals surface area contributed by atoms with Crippen LogP contribution in [0.4, 0.5) is 32.3 Å². The number of ether oxygens (including phenoxy) is 1. The van der Waals surface area contributed by atoms with E-state index in [2.05, 4.69) is 36.9 Å². The minimum atomic E-state index is -5.08. The Balaban J connectivity index is 0.000000301. The van der Waals surface area contributed by atoms with Crippen LogP contribution < -0.4 is 4.90 Å². The molecule has 0 aliphatic carbocycles. The summed E-state index contributed by atoms with van der Waals surface area (Å²) in [6.07, 6.45) is -1.45. The van der Waals surface area contributed by atoms with Gasteiger partial charge in [0.05, 0.1) is 12.1 Å². The van der Waals surface area contributed by atoms with Gasteiger partial charge < -0.3 is 19.8 Å². The van der Waals surface area contributed by atoms with Crippen LogP contribution in [0.5, 0.6) is 0 Å². The second-order valence-corrected chi connectivity index (χ2v) is 8.19. The first-order valence-electron chi connectivity index (χ1n) is 11.0. The number of methoxy groups -OCH3 is 1. The molecule has 0 spiro atoms. The van der Waals surface area contributed by atoms with Gasteiger partial charge in [-0.3, -0.25) is 9.88 Å². The molecule has 4 rings (SSSR count). The minimum absolute atomic E-state index is 0.317. The van der Waals surface area contributed by atoms with Crippen LogP contribution in [0.3, 0.4) is 0 Å². The molecule has 2 aliphatic rings. The monoisotopic (exact) mass is 553 g/mol. The van der Waals surface area contributed by atoms with Crippen molar-refractivity contribution < 1.29 is 50.9 Å². The molecule has 2 saturated heterocycles. The van der Waals surface area contributed by atoms with Crippen LogP contribution >= 0.6 is 0 Å². The smallest absolute Gasteiger partial charge is 0.475 e. The van der Waals surface area contributed by atoms with E-state index in [1.807, 2.05) is 38.0 Å². The van der Waals surface area contributed by atoms with E-state index in [4.69, 9.17) is 24.5 Å². The summed E-state index contributed by atoms with van der Waals surface area (Å²) in [6, 6.07) is 6.46. The number of anilines is 1. The van der Waals surface area contributed by atoms with Crippen LogP contribution in [0.15, 0.2) is 43.0 Å². The molecular weight excluding hydrogens is 528 g/mol. The fourth-order valence-corrected chi connectivity index (χ4v) is 4.09. The molecule has 0 bridgehead atoms. The van der Waals surface area contributed by atoms with E-state index < -0.39 is 24.3 Å². The average Bonchev–Trinajstić information content (AvgIpc) is 3.27. The molecule has 38 heavy (non-hydrogen) atoms. The Morgan fingerprint density at radius 2 is 1.50 bits per heavy atom. The zero-order valence-corrected chi connectivity index (χ0v) is 19.9. The number of alkyl halides is 6. The molecule has 2 aromatic rings.